The first-order valence-electron chi connectivity index (χ1n) is 8.94. The molecular weight excluding hydrogens is 362 g/mol. The second-order valence-corrected chi connectivity index (χ2v) is 6.46. The SMILES string of the molecule is COC(=O)C1CNCCN1C(=O)c1c(C)ccn(-c2ccccc2OC)c1=O. The van der Waals surface area contributed by atoms with Gasteiger partial charge in [-0.05, 0) is 30.7 Å². The van der Waals surface area contributed by atoms with Gasteiger partial charge in [0.05, 0.1) is 19.9 Å². The second kappa shape index (κ2) is 8.26. The summed E-state index contributed by atoms with van der Waals surface area (Å²) in [5.74, 6) is -0.482. The summed E-state index contributed by atoms with van der Waals surface area (Å²) in [5.41, 5.74) is 0.651. The molecule has 28 heavy (non-hydrogen) atoms. The Labute approximate surface area is 162 Å². The van der Waals surface area contributed by atoms with Gasteiger partial charge in [0.15, 0.2) is 0 Å². The number of methoxy groups -OCH3 is 2. The number of esters is 1. The van der Waals surface area contributed by atoms with Crippen LogP contribution in [0.5, 0.6) is 5.75 Å². The summed E-state index contributed by atoms with van der Waals surface area (Å²) in [7, 11) is 2.80. The summed E-state index contributed by atoms with van der Waals surface area (Å²) >= 11 is 0. The van der Waals surface area contributed by atoms with Crippen molar-refractivity contribution in [2.45, 2.75) is 13.0 Å². The number of aryl methyl sites for hydroxylation is 1. The van der Waals surface area contributed by atoms with Crippen LogP contribution in [-0.2, 0) is 9.53 Å². The standard InChI is InChI=1S/C20H23N3O5/c1-13-8-10-22(14-6-4-5-7-16(14)27-2)18(24)17(13)19(25)23-11-9-21-12-15(23)20(26)28-3/h4-8,10,15,21H,9,11-12H2,1-3H3. The minimum atomic E-state index is -0.773. The van der Waals surface area contributed by atoms with Crippen molar-refractivity contribution in [1.82, 2.24) is 14.8 Å². The van der Waals surface area contributed by atoms with E-state index in [4.69, 9.17) is 9.47 Å². The minimum Gasteiger partial charge on any atom is -0.495 e. The van der Waals surface area contributed by atoms with E-state index in [-0.39, 0.29) is 12.1 Å². The van der Waals surface area contributed by atoms with Gasteiger partial charge in [-0.2, -0.15) is 0 Å². The molecule has 0 radical (unpaired) electrons. The van der Waals surface area contributed by atoms with Gasteiger partial charge in [-0.15, -0.1) is 0 Å². The number of amides is 1. The van der Waals surface area contributed by atoms with Crippen molar-refractivity contribution in [3.63, 3.8) is 0 Å². The van der Waals surface area contributed by atoms with Crippen LogP contribution in [-0.4, -0.2) is 61.2 Å². The van der Waals surface area contributed by atoms with E-state index in [2.05, 4.69) is 5.32 Å². The molecule has 1 aromatic heterocycles. The molecule has 1 saturated heterocycles. The van der Waals surface area contributed by atoms with E-state index in [1.807, 2.05) is 0 Å². The Morgan fingerprint density at radius 3 is 2.64 bits per heavy atom. The number of benzene rings is 1. The summed E-state index contributed by atoms with van der Waals surface area (Å²) in [4.78, 5) is 40.0. The third-order valence-corrected chi connectivity index (χ3v) is 4.84. The number of carbonyl (C=O) groups is 2. The van der Waals surface area contributed by atoms with E-state index < -0.39 is 23.5 Å². The number of ether oxygens (including phenoxy) is 2. The van der Waals surface area contributed by atoms with Gasteiger partial charge >= 0.3 is 5.97 Å². The van der Waals surface area contributed by atoms with Crippen LogP contribution in [0.25, 0.3) is 5.69 Å². The molecule has 0 saturated carbocycles. The lowest BCUT2D eigenvalue weighted by Gasteiger charge is -2.34. The molecule has 1 aliphatic heterocycles. The molecule has 1 unspecified atom stereocenters. The highest BCUT2D eigenvalue weighted by Gasteiger charge is 2.35. The quantitative estimate of drug-likeness (QED) is 0.781. The summed E-state index contributed by atoms with van der Waals surface area (Å²) in [6.45, 7) is 2.83. The Morgan fingerprint density at radius 1 is 1.18 bits per heavy atom. The molecule has 1 fully saturated rings. The first kappa shape index (κ1) is 19.6. The first-order chi connectivity index (χ1) is 13.5. The van der Waals surface area contributed by atoms with Gasteiger partial charge in [0.1, 0.15) is 17.4 Å². The molecule has 0 aliphatic carbocycles. The molecule has 1 amide bonds. The zero-order valence-electron chi connectivity index (χ0n) is 16.1. The van der Waals surface area contributed by atoms with Crippen molar-refractivity contribution in [1.29, 1.82) is 0 Å². The third kappa shape index (κ3) is 3.50. The highest BCUT2D eigenvalue weighted by molar-refractivity contribution is 5.98. The van der Waals surface area contributed by atoms with Crippen LogP contribution in [0.4, 0.5) is 0 Å². The van der Waals surface area contributed by atoms with Crippen LogP contribution < -0.4 is 15.6 Å². The fourth-order valence-corrected chi connectivity index (χ4v) is 3.34. The lowest BCUT2D eigenvalue weighted by atomic mass is 10.1. The van der Waals surface area contributed by atoms with E-state index in [0.717, 1.165) is 0 Å². The van der Waals surface area contributed by atoms with Gasteiger partial charge in [-0.3, -0.25) is 14.2 Å². The number of piperazine rings is 1. The number of carbonyl (C=O) groups excluding carboxylic acids is 2. The van der Waals surface area contributed by atoms with Crippen LogP contribution in [0.3, 0.4) is 0 Å². The molecular formula is C20H23N3O5. The number of hydrogen-bond acceptors (Lipinski definition) is 6. The summed E-state index contributed by atoms with van der Waals surface area (Å²) < 4.78 is 11.5. The lowest BCUT2D eigenvalue weighted by molar-refractivity contribution is -0.146. The predicted octanol–water partition coefficient (Wildman–Crippen LogP) is 0.742. The topological polar surface area (TPSA) is 89.9 Å². The molecule has 0 spiro atoms. The second-order valence-electron chi connectivity index (χ2n) is 6.46. The van der Waals surface area contributed by atoms with Crippen molar-refractivity contribution >= 4 is 11.9 Å². The van der Waals surface area contributed by atoms with Gasteiger partial charge in [-0.25, -0.2) is 4.79 Å². The number of nitrogens with zero attached hydrogens (tertiary/aromatic N) is 2. The molecule has 2 aromatic rings. The molecule has 8 nitrogen and oxygen atoms in total. The lowest BCUT2D eigenvalue weighted by Crippen LogP contribution is -2.58. The van der Waals surface area contributed by atoms with E-state index in [9.17, 15) is 14.4 Å². The zero-order valence-corrected chi connectivity index (χ0v) is 16.1. The molecule has 0 bridgehead atoms. The molecule has 148 valence electrons. The number of para-hydroxylation sites is 2. The van der Waals surface area contributed by atoms with Crippen molar-refractivity contribution < 1.29 is 19.1 Å². The van der Waals surface area contributed by atoms with Gasteiger partial charge in [0.25, 0.3) is 11.5 Å². The maximum absolute atomic E-state index is 13.3. The zero-order chi connectivity index (χ0) is 20.3. The number of rotatable bonds is 4. The Balaban J connectivity index is 2.08. The molecule has 1 atom stereocenters. The van der Waals surface area contributed by atoms with Gasteiger partial charge < -0.3 is 19.7 Å². The molecule has 1 aliphatic rings. The monoisotopic (exact) mass is 385 g/mol. The minimum absolute atomic E-state index is 0.0317. The fraction of sp³-hybridized carbons (Fsp3) is 0.350. The maximum atomic E-state index is 13.3. The van der Waals surface area contributed by atoms with Gasteiger partial charge in [0.2, 0.25) is 0 Å². The summed E-state index contributed by atoms with van der Waals surface area (Å²) in [5, 5.41) is 3.07. The molecule has 1 N–H and O–H groups in total. The Kier molecular flexibility index (Phi) is 5.79. The van der Waals surface area contributed by atoms with E-state index >= 15 is 0 Å². The molecule has 1 aromatic carbocycles. The molecule has 3 rings (SSSR count). The van der Waals surface area contributed by atoms with Crippen molar-refractivity contribution in [2.24, 2.45) is 0 Å². The predicted molar refractivity (Wildman–Crippen MR) is 103 cm³/mol. The first-order valence-corrected chi connectivity index (χ1v) is 8.94. The fourth-order valence-electron chi connectivity index (χ4n) is 3.34. The number of pyridine rings is 1. The van der Waals surface area contributed by atoms with Crippen LogP contribution >= 0.6 is 0 Å². The highest BCUT2D eigenvalue weighted by atomic mass is 16.5. The number of aromatic nitrogens is 1. The Hall–Kier alpha value is -3.13. The van der Waals surface area contributed by atoms with Crippen LogP contribution in [0.2, 0.25) is 0 Å². The molecule has 2 heterocycles. The average Bonchev–Trinajstić information content (AvgIpc) is 2.73. The van der Waals surface area contributed by atoms with E-state index in [1.54, 1.807) is 43.5 Å². The van der Waals surface area contributed by atoms with E-state index in [1.165, 1.54) is 23.7 Å². The smallest absolute Gasteiger partial charge is 0.329 e. The third-order valence-electron chi connectivity index (χ3n) is 4.84. The van der Waals surface area contributed by atoms with Crippen LogP contribution in [0.1, 0.15) is 15.9 Å². The maximum Gasteiger partial charge on any atom is 0.329 e. The van der Waals surface area contributed by atoms with Crippen LogP contribution in [0, 0.1) is 6.92 Å². The van der Waals surface area contributed by atoms with E-state index in [0.29, 0.717) is 30.1 Å². The summed E-state index contributed by atoms with van der Waals surface area (Å²) in [6.07, 6.45) is 1.61. The Bertz CT molecular complexity index is 953. The van der Waals surface area contributed by atoms with Crippen molar-refractivity contribution in [2.75, 3.05) is 33.9 Å². The van der Waals surface area contributed by atoms with Gasteiger partial charge in [-0.1, -0.05) is 12.1 Å². The summed E-state index contributed by atoms with van der Waals surface area (Å²) in [6, 6.07) is 8.00. The number of hydrogen-bond donors (Lipinski definition) is 1. The van der Waals surface area contributed by atoms with Crippen molar-refractivity contribution in [3.8, 4) is 11.4 Å². The van der Waals surface area contributed by atoms with Gasteiger partial charge in [0, 0.05) is 25.8 Å². The Morgan fingerprint density at radius 2 is 1.93 bits per heavy atom. The highest BCUT2D eigenvalue weighted by Crippen LogP contribution is 2.21. The number of nitrogens with one attached hydrogen (secondary N) is 1. The normalized spacial score (nSPS) is 16.5. The van der Waals surface area contributed by atoms with Crippen LogP contribution in [0.15, 0.2) is 41.3 Å². The van der Waals surface area contributed by atoms with Crippen molar-refractivity contribution in [3.05, 3.63) is 58.0 Å². The largest absolute Gasteiger partial charge is 0.495 e. The average molecular weight is 385 g/mol. The molecule has 8 heteroatoms.